The summed E-state index contributed by atoms with van der Waals surface area (Å²) in [5.41, 5.74) is 4.99. The van der Waals surface area contributed by atoms with Gasteiger partial charge in [-0.1, -0.05) is 30.3 Å². The number of carbonyl (C=O) groups excluding carboxylic acids is 1. The van der Waals surface area contributed by atoms with Gasteiger partial charge in [-0.2, -0.15) is 0 Å². The van der Waals surface area contributed by atoms with Crippen molar-refractivity contribution in [1.82, 2.24) is 5.32 Å². The van der Waals surface area contributed by atoms with Crippen molar-refractivity contribution in [3.8, 4) is 0 Å². The van der Waals surface area contributed by atoms with Crippen LogP contribution in [0.4, 0.5) is 4.39 Å². The summed E-state index contributed by atoms with van der Waals surface area (Å²) in [5, 5.41) is 3.03. The predicted octanol–water partition coefficient (Wildman–Crippen LogP) is 3.73. The Hall–Kier alpha value is -2.16. The van der Waals surface area contributed by atoms with E-state index in [4.69, 9.17) is 0 Å². The molecule has 2 aromatic rings. The third-order valence-electron chi connectivity index (χ3n) is 5.03. The number of hydrogen-bond acceptors (Lipinski definition) is 1. The predicted molar refractivity (Wildman–Crippen MR) is 87.6 cm³/mol. The van der Waals surface area contributed by atoms with Crippen LogP contribution in [0.1, 0.15) is 41.0 Å². The van der Waals surface area contributed by atoms with Crippen molar-refractivity contribution in [3.05, 3.63) is 70.5 Å². The quantitative estimate of drug-likeness (QED) is 0.916. The topological polar surface area (TPSA) is 29.1 Å². The number of carbonyl (C=O) groups is 1. The summed E-state index contributed by atoms with van der Waals surface area (Å²) in [6, 6.07) is 13.1. The first-order chi connectivity index (χ1) is 11.2. The summed E-state index contributed by atoms with van der Waals surface area (Å²) in [6.45, 7) is 0.582. The fourth-order valence-electron chi connectivity index (χ4n) is 3.65. The number of amides is 1. The van der Waals surface area contributed by atoms with Gasteiger partial charge in [0.25, 0.3) is 0 Å². The van der Waals surface area contributed by atoms with Gasteiger partial charge in [0.05, 0.1) is 0 Å². The number of benzene rings is 2. The Morgan fingerprint density at radius 3 is 2.87 bits per heavy atom. The van der Waals surface area contributed by atoms with Gasteiger partial charge in [-0.25, -0.2) is 4.39 Å². The Labute approximate surface area is 135 Å². The van der Waals surface area contributed by atoms with Crippen molar-refractivity contribution >= 4 is 5.91 Å². The standard InChI is InChI=1S/C20H20FNO/c21-17-6-2-5-16(10-17)18-11-19(18)20(23)22-12-13-7-8-14-3-1-4-15(14)9-13/h2,5-10,18-19H,1,3-4,11-12H2,(H,22,23)/t18-,19+/m1/s1. The van der Waals surface area contributed by atoms with E-state index in [1.165, 1.54) is 35.6 Å². The molecular weight excluding hydrogens is 289 g/mol. The van der Waals surface area contributed by atoms with Crippen LogP contribution in [0.5, 0.6) is 0 Å². The normalized spacial score (nSPS) is 21.8. The highest BCUT2D eigenvalue weighted by Crippen LogP contribution is 2.47. The average molecular weight is 309 g/mol. The summed E-state index contributed by atoms with van der Waals surface area (Å²) < 4.78 is 13.3. The molecule has 23 heavy (non-hydrogen) atoms. The third-order valence-corrected chi connectivity index (χ3v) is 5.03. The van der Waals surface area contributed by atoms with Crippen LogP contribution >= 0.6 is 0 Å². The van der Waals surface area contributed by atoms with E-state index in [2.05, 4.69) is 23.5 Å². The van der Waals surface area contributed by atoms with Crippen molar-refractivity contribution in [2.24, 2.45) is 5.92 Å². The second kappa shape index (κ2) is 5.80. The minimum atomic E-state index is -0.230. The number of fused-ring (bicyclic) bond motifs is 1. The molecule has 2 aromatic carbocycles. The van der Waals surface area contributed by atoms with E-state index in [1.807, 2.05) is 6.07 Å². The van der Waals surface area contributed by atoms with E-state index >= 15 is 0 Å². The number of hydrogen-bond donors (Lipinski definition) is 1. The number of aryl methyl sites for hydroxylation is 2. The average Bonchev–Trinajstić information content (AvgIpc) is 3.23. The summed E-state index contributed by atoms with van der Waals surface area (Å²) in [4.78, 5) is 12.3. The molecule has 0 radical (unpaired) electrons. The fraction of sp³-hybridized carbons (Fsp3) is 0.350. The van der Waals surface area contributed by atoms with E-state index in [0.717, 1.165) is 18.4 Å². The Balaban J connectivity index is 1.34. The van der Waals surface area contributed by atoms with Gasteiger partial charge in [0.1, 0.15) is 5.82 Å². The number of halogens is 1. The summed E-state index contributed by atoms with van der Waals surface area (Å²) in [6.07, 6.45) is 4.39. The van der Waals surface area contributed by atoms with Crippen LogP contribution in [-0.2, 0) is 24.2 Å². The van der Waals surface area contributed by atoms with Crippen LogP contribution in [0.25, 0.3) is 0 Å². The van der Waals surface area contributed by atoms with Gasteiger partial charge in [-0.15, -0.1) is 0 Å². The molecule has 2 aliphatic carbocycles. The fourth-order valence-corrected chi connectivity index (χ4v) is 3.65. The number of nitrogens with one attached hydrogen (secondary N) is 1. The molecule has 0 heterocycles. The van der Waals surface area contributed by atoms with Gasteiger partial charge < -0.3 is 5.32 Å². The molecule has 2 nitrogen and oxygen atoms in total. The Morgan fingerprint density at radius 1 is 1.13 bits per heavy atom. The highest BCUT2D eigenvalue weighted by molar-refractivity contribution is 5.82. The molecule has 1 saturated carbocycles. The molecule has 0 saturated heterocycles. The van der Waals surface area contributed by atoms with Gasteiger partial charge >= 0.3 is 0 Å². The maximum absolute atomic E-state index is 13.3. The van der Waals surface area contributed by atoms with Crippen LogP contribution in [0.15, 0.2) is 42.5 Å². The Kier molecular flexibility index (Phi) is 3.64. The summed E-state index contributed by atoms with van der Waals surface area (Å²) in [7, 11) is 0. The lowest BCUT2D eigenvalue weighted by atomic mass is 10.1. The molecule has 2 aliphatic rings. The lowest BCUT2D eigenvalue weighted by Gasteiger charge is -2.07. The van der Waals surface area contributed by atoms with Crippen molar-refractivity contribution in [2.45, 2.75) is 38.1 Å². The molecule has 0 bridgehead atoms. The molecule has 1 amide bonds. The Morgan fingerprint density at radius 2 is 2.00 bits per heavy atom. The SMILES string of the molecule is O=C(NCc1ccc2c(c1)CCC2)[C@H]1C[C@@H]1c1cccc(F)c1. The van der Waals surface area contributed by atoms with Crippen LogP contribution < -0.4 is 5.32 Å². The minimum absolute atomic E-state index is 0.00812. The van der Waals surface area contributed by atoms with E-state index in [0.29, 0.717) is 6.54 Å². The van der Waals surface area contributed by atoms with E-state index in [1.54, 1.807) is 12.1 Å². The first kappa shape index (κ1) is 14.4. The number of rotatable bonds is 4. The molecule has 4 rings (SSSR count). The molecule has 0 spiro atoms. The van der Waals surface area contributed by atoms with E-state index in [-0.39, 0.29) is 23.6 Å². The first-order valence-electron chi connectivity index (χ1n) is 8.34. The van der Waals surface area contributed by atoms with Crippen molar-refractivity contribution < 1.29 is 9.18 Å². The second-order valence-electron chi connectivity index (χ2n) is 6.68. The molecular formula is C20H20FNO. The van der Waals surface area contributed by atoms with Crippen molar-refractivity contribution in [3.63, 3.8) is 0 Å². The zero-order chi connectivity index (χ0) is 15.8. The molecule has 1 fully saturated rings. The molecule has 0 aliphatic heterocycles. The van der Waals surface area contributed by atoms with E-state index < -0.39 is 0 Å². The zero-order valence-corrected chi connectivity index (χ0v) is 13.0. The summed E-state index contributed by atoms with van der Waals surface area (Å²) in [5.74, 6) is 0.0170. The van der Waals surface area contributed by atoms with Crippen LogP contribution in [0, 0.1) is 11.7 Å². The highest BCUT2D eigenvalue weighted by atomic mass is 19.1. The molecule has 0 unspecified atom stereocenters. The van der Waals surface area contributed by atoms with Crippen LogP contribution in [0.2, 0.25) is 0 Å². The zero-order valence-electron chi connectivity index (χ0n) is 13.0. The first-order valence-corrected chi connectivity index (χ1v) is 8.34. The van der Waals surface area contributed by atoms with Gasteiger partial charge in [0.15, 0.2) is 0 Å². The maximum Gasteiger partial charge on any atom is 0.224 e. The minimum Gasteiger partial charge on any atom is -0.352 e. The van der Waals surface area contributed by atoms with Gasteiger partial charge in [0.2, 0.25) is 5.91 Å². The molecule has 2 atom stereocenters. The molecule has 3 heteroatoms. The van der Waals surface area contributed by atoms with E-state index in [9.17, 15) is 9.18 Å². The lowest BCUT2D eigenvalue weighted by molar-refractivity contribution is -0.122. The second-order valence-corrected chi connectivity index (χ2v) is 6.68. The smallest absolute Gasteiger partial charge is 0.224 e. The van der Waals surface area contributed by atoms with Gasteiger partial charge in [-0.05, 0) is 66.0 Å². The third kappa shape index (κ3) is 3.00. The largest absolute Gasteiger partial charge is 0.352 e. The Bertz CT molecular complexity index is 755. The molecule has 1 N–H and O–H groups in total. The van der Waals surface area contributed by atoms with Crippen LogP contribution in [-0.4, -0.2) is 5.91 Å². The molecule has 118 valence electrons. The van der Waals surface area contributed by atoms with Crippen molar-refractivity contribution in [1.29, 1.82) is 0 Å². The lowest BCUT2D eigenvalue weighted by Crippen LogP contribution is -2.24. The highest BCUT2D eigenvalue weighted by Gasteiger charge is 2.43. The van der Waals surface area contributed by atoms with Gasteiger partial charge in [0, 0.05) is 12.5 Å². The van der Waals surface area contributed by atoms with Crippen LogP contribution in [0.3, 0.4) is 0 Å². The maximum atomic E-state index is 13.3. The van der Waals surface area contributed by atoms with Gasteiger partial charge in [-0.3, -0.25) is 4.79 Å². The molecule has 0 aromatic heterocycles. The monoisotopic (exact) mass is 309 g/mol. The summed E-state index contributed by atoms with van der Waals surface area (Å²) >= 11 is 0. The van der Waals surface area contributed by atoms with Crippen molar-refractivity contribution in [2.75, 3.05) is 0 Å².